The van der Waals surface area contributed by atoms with E-state index in [9.17, 15) is 33.9 Å². The summed E-state index contributed by atoms with van der Waals surface area (Å²) in [6, 6.07) is 21.8. The summed E-state index contributed by atoms with van der Waals surface area (Å²) in [5.41, 5.74) is 14.5. The fraction of sp³-hybridized carbons (Fsp3) is 0.510. The van der Waals surface area contributed by atoms with Gasteiger partial charge in [-0.15, -0.1) is 0 Å². The number of hydrogen-bond donors (Lipinski definition) is 7. The van der Waals surface area contributed by atoms with Crippen molar-refractivity contribution in [2.24, 2.45) is 11.7 Å². The van der Waals surface area contributed by atoms with E-state index in [1.807, 2.05) is 74.5 Å². The summed E-state index contributed by atoms with van der Waals surface area (Å²) in [5, 5.41) is 21.0. The lowest BCUT2D eigenvalue weighted by Crippen LogP contribution is -2.55. The van der Waals surface area contributed by atoms with E-state index in [0.29, 0.717) is 24.9 Å². The fourth-order valence-electron chi connectivity index (χ4n) is 7.31. The maximum absolute atomic E-state index is 13.4. The van der Waals surface area contributed by atoms with E-state index in [0.717, 1.165) is 87.3 Å². The molecule has 0 aromatic heterocycles. The summed E-state index contributed by atoms with van der Waals surface area (Å²) in [4.78, 5) is 76.5. The number of benzene rings is 3. The molecule has 0 bridgehead atoms. The molecule has 0 spiro atoms. The minimum atomic E-state index is -1.15. The van der Waals surface area contributed by atoms with Gasteiger partial charge in [0.25, 0.3) is 0 Å². The van der Waals surface area contributed by atoms with Crippen LogP contribution in [-0.2, 0) is 48.0 Å². The van der Waals surface area contributed by atoms with Crippen molar-refractivity contribution >= 4 is 41.2 Å². The van der Waals surface area contributed by atoms with Crippen LogP contribution in [0.1, 0.15) is 127 Å². The first-order valence-corrected chi connectivity index (χ1v) is 22.5. The number of nitrogens with two attached hydrogens (primary N) is 2. The van der Waals surface area contributed by atoms with Crippen molar-refractivity contribution in [1.82, 2.24) is 21.3 Å². The van der Waals surface area contributed by atoms with Crippen LogP contribution in [-0.4, -0.2) is 64.8 Å². The normalized spacial score (nSPS) is 13.5. The molecule has 0 fully saturated rings. The second-order valence-corrected chi connectivity index (χ2v) is 16.5. The maximum atomic E-state index is 13.4. The molecule has 0 heterocycles. The van der Waals surface area contributed by atoms with Crippen LogP contribution >= 0.6 is 0 Å². The Morgan fingerprint density at radius 3 is 1.37 bits per heavy atom. The van der Waals surface area contributed by atoms with Gasteiger partial charge in [0.15, 0.2) is 0 Å². The number of aliphatic carboxylic acids is 1. The second kappa shape index (κ2) is 28.7. The van der Waals surface area contributed by atoms with Gasteiger partial charge < -0.3 is 37.8 Å². The lowest BCUT2D eigenvalue weighted by Gasteiger charge is -2.26. The minimum absolute atomic E-state index is 0.115. The summed E-state index contributed by atoms with van der Waals surface area (Å²) < 4.78 is 0. The number of carbonyl (C=O) groups is 6. The van der Waals surface area contributed by atoms with Crippen molar-refractivity contribution in [3.8, 4) is 0 Å². The van der Waals surface area contributed by atoms with Gasteiger partial charge in [0.05, 0.1) is 0 Å². The zero-order valence-corrected chi connectivity index (χ0v) is 36.7. The highest BCUT2D eigenvalue weighted by Crippen LogP contribution is 2.15. The van der Waals surface area contributed by atoms with Crippen molar-refractivity contribution in [2.75, 3.05) is 5.73 Å². The van der Waals surface area contributed by atoms with Gasteiger partial charge in [-0.3, -0.25) is 24.0 Å². The second-order valence-electron chi connectivity index (χ2n) is 16.5. The molecule has 62 heavy (non-hydrogen) atoms. The number of unbranched alkanes of at least 4 members (excludes halogenated alkanes) is 11. The van der Waals surface area contributed by atoms with E-state index in [1.54, 1.807) is 24.3 Å². The number of carboxylic acids is 1. The monoisotopic (exact) mass is 855 g/mol. The van der Waals surface area contributed by atoms with E-state index >= 15 is 0 Å². The maximum Gasteiger partial charge on any atom is 0.326 e. The highest BCUT2D eigenvalue weighted by molar-refractivity contribution is 5.92. The summed E-state index contributed by atoms with van der Waals surface area (Å²) >= 11 is 0. The average Bonchev–Trinajstić information content (AvgIpc) is 3.25. The Balaban J connectivity index is 1.27. The van der Waals surface area contributed by atoms with Crippen LogP contribution < -0.4 is 32.7 Å². The molecule has 5 amide bonds. The quantitative estimate of drug-likeness (QED) is 0.0286. The predicted octanol–water partition coefficient (Wildman–Crippen LogP) is 6.31. The number of nitrogens with one attached hydrogen (secondary N) is 4. The number of hydrogen-bond acceptors (Lipinski definition) is 7. The molecule has 13 heteroatoms. The number of primary amides is 1. The zero-order valence-electron chi connectivity index (χ0n) is 36.7. The number of rotatable bonds is 31. The molecule has 0 aliphatic heterocycles. The Morgan fingerprint density at radius 2 is 0.919 bits per heavy atom. The molecule has 3 aromatic carbocycles. The molecular weight excluding hydrogens is 785 g/mol. The number of amides is 5. The van der Waals surface area contributed by atoms with E-state index in [-0.39, 0.29) is 43.4 Å². The lowest BCUT2D eigenvalue weighted by atomic mass is 9.97. The topological polar surface area (TPSA) is 223 Å². The van der Waals surface area contributed by atoms with Gasteiger partial charge in [-0.1, -0.05) is 157 Å². The highest BCUT2D eigenvalue weighted by atomic mass is 16.4. The highest BCUT2D eigenvalue weighted by Gasteiger charge is 2.30. The Labute approximate surface area is 368 Å². The van der Waals surface area contributed by atoms with E-state index in [2.05, 4.69) is 21.3 Å². The van der Waals surface area contributed by atoms with Gasteiger partial charge in [-0.05, 0) is 47.6 Å². The average molecular weight is 855 g/mol. The van der Waals surface area contributed by atoms with Gasteiger partial charge in [0.2, 0.25) is 29.5 Å². The number of anilines is 1. The third-order valence-electron chi connectivity index (χ3n) is 11.3. The molecule has 0 saturated heterocycles. The number of nitrogen functional groups attached to an aromatic ring is 1. The summed E-state index contributed by atoms with van der Waals surface area (Å²) in [6.07, 6.45) is 14.0. The Bertz CT molecular complexity index is 1810. The molecule has 1 unspecified atom stereocenters. The summed E-state index contributed by atoms with van der Waals surface area (Å²) in [7, 11) is 0. The van der Waals surface area contributed by atoms with E-state index in [1.165, 1.54) is 0 Å². The molecule has 0 radical (unpaired) electrons. The first-order chi connectivity index (χ1) is 29.9. The molecule has 3 aromatic rings. The first kappa shape index (κ1) is 50.6. The standard InChI is InChI=1S/C49H70N6O7/c1-3-35(2)45(48(60)53-40(46(51)58)32-36-22-16-14-17-23-36)55-44(57)27-21-13-11-9-7-5-4-6-8-10-12-20-26-43(56)52-41(33-38-28-30-39(50)31-29-38)47(59)54-42(49(61)62)34-37-24-18-15-19-25-37/h14-19,22-25,28-31,35,40-42,45H,3-13,20-21,26-27,32-34,50H2,1-2H3,(H2,51,58)(H,52,56)(H,53,60)(H,54,59)(H,55,57)(H,61,62)/t35?,40-,41-,42-,45-/m0/s1. The first-order valence-electron chi connectivity index (χ1n) is 22.5. The van der Waals surface area contributed by atoms with Gasteiger partial charge in [0, 0.05) is 37.8 Å². The SMILES string of the molecule is CCC(C)[C@H](NC(=O)CCCCCCCCCCCCCCC(=O)N[C@@H](Cc1ccc(N)cc1)C(=O)N[C@@H](Cc1ccccc1)C(=O)O)C(=O)N[C@@H](Cc1ccccc1)C(N)=O. The molecule has 338 valence electrons. The molecule has 3 rings (SSSR count). The van der Waals surface area contributed by atoms with Crippen molar-refractivity contribution in [3.05, 3.63) is 102 Å². The van der Waals surface area contributed by atoms with Crippen LogP contribution in [0.4, 0.5) is 5.69 Å². The Kier molecular flexibility index (Phi) is 23.5. The van der Waals surface area contributed by atoms with E-state index in [4.69, 9.17) is 11.5 Å². The Morgan fingerprint density at radius 1 is 0.516 bits per heavy atom. The molecule has 9 N–H and O–H groups in total. The van der Waals surface area contributed by atoms with Crippen molar-refractivity contribution in [3.63, 3.8) is 0 Å². The van der Waals surface area contributed by atoms with Gasteiger partial charge >= 0.3 is 5.97 Å². The Hall–Kier alpha value is -5.72. The van der Waals surface area contributed by atoms with Crippen LogP contribution in [0, 0.1) is 5.92 Å². The number of carbonyl (C=O) groups excluding carboxylic acids is 5. The third kappa shape index (κ3) is 20.2. The minimum Gasteiger partial charge on any atom is -0.480 e. The van der Waals surface area contributed by atoms with Crippen LogP contribution in [0.5, 0.6) is 0 Å². The molecule has 13 nitrogen and oxygen atoms in total. The summed E-state index contributed by atoms with van der Waals surface area (Å²) in [6.45, 7) is 3.87. The van der Waals surface area contributed by atoms with E-state index < -0.39 is 47.9 Å². The number of carboxylic acid groups (broad SMARTS) is 1. The molecule has 5 atom stereocenters. The van der Waals surface area contributed by atoms with Crippen molar-refractivity contribution in [1.29, 1.82) is 0 Å². The van der Waals surface area contributed by atoms with Crippen LogP contribution in [0.2, 0.25) is 0 Å². The molecule has 0 aliphatic rings. The lowest BCUT2D eigenvalue weighted by molar-refractivity contribution is -0.142. The molecule has 0 aliphatic carbocycles. The van der Waals surface area contributed by atoms with Gasteiger partial charge in [-0.2, -0.15) is 0 Å². The van der Waals surface area contributed by atoms with Crippen LogP contribution in [0.3, 0.4) is 0 Å². The van der Waals surface area contributed by atoms with Crippen molar-refractivity contribution in [2.45, 2.75) is 154 Å². The predicted molar refractivity (Wildman–Crippen MR) is 243 cm³/mol. The molecular formula is C49H70N6O7. The zero-order chi connectivity index (χ0) is 45.1. The van der Waals surface area contributed by atoms with Gasteiger partial charge in [-0.25, -0.2) is 4.79 Å². The van der Waals surface area contributed by atoms with Gasteiger partial charge in [0.1, 0.15) is 24.2 Å². The summed E-state index contributed by atoms with van der Waals surface area (Å²) in [5.74, 6) is -3.25. The van der Waals surface area contributed by atoms with Crippen LogP contribution in [0.25, 0.3) is 0 Å². The van der Waals surface area contributed by atoms with Crippen molar-refractivity contribution < 1.29 is 33.9 Å². The van der Waals surface area contributed by atoms with Crippen LogP contribution in [0.15, 0.2) is 84.9 Å². The third-order valence-corrected chi connectivity index (χ3v) is 11.3. The smallest absolute Gasteiger partial charge is 0.326 e. The molecule has 0 saturated carbocycles. The largest absolute Gasteiger partial charge is 0.480 e. The fourth-order valence-corrected chi connectivity index (χ4v) is 7.31.